The Morgan fingerprint density at radius 3 is 2.45 bits per heavy atom. The molecule has 2 saturated heterocycles. The van der Waals surface area contributed by atoms with Crippen LogP contribution in [0.5, 0.6) is 11.5 Å². The van der Waals surface area contributed by atoms with E-state index in [1.54, 1.807) is 10.7 Å². The lowest BCUT2D eigenvalue weighted by atomic mass is 9.85. The first-order valence-corrected chi connectivity index (χ1v) is 22.4. The lowest BCUT2D eigenvalue weighted by Crippen LogP contribution is -2.59. The number of carbonyl (C=O) groups excluding carboxylic acids is 3. The van der Waals surface area contributed by atoms with Crippen LogP contribution in [0.1, 0.15) is 80.1 Å². The molecule has 62 heavy (non-hydrogen) atoms. The fourth-order valence-electron chi connectivity index (χ4n) is 9.54. The van der Waals surface area contributed by atoms with Crippen LogP contribution >= 0.6 is 0 Å². The molecular weight excluding hydrogens is 795 g/mol. The van der Waals surface area contributed by atoms with Crippen molar-refractivity contribution in [2.75, 3.05) is 51.2 Å². The maximum atomic E-state index is 14.8. The van der Waals surface area contributed by atoms with Crippen LogP contribution in [0.25, 0.3) is 16.7 Å². The van der Waals surface area contributed by atoms with Crippen molar-refractivity contribution >= 4 is 40.6 Å². The minimum absolute atomic E-state index is 0.0000804. The zero-order chi connectivity index (χ0) is 43.9. The number of piperazine rings is 1. The predicted octanol–water partition coefficient (Wildman–Crippen LogP) is 4.18. The van der Waals surface area contributed by atoms with E-state index in [1.807, 2.05) is 72.0 Å². The lowest BCUT2D eigenvalue weighted by molar-refractivity contribution is -0.146. The molecule has 5 unspecified atom stereocenters. The fourth-order valence-corrected chi connectivity index (χ4v) is 9.54. The third-order valence-corrected chi connectivity index (χ3v) is 13.2. The van der Waals surface area contributed by atoms with Gasteiger partial charge in [0, 0.05) is 75.0 Å². The second-order valence-corrected chi connectivity index (χ2v) is 19.3. The Hall–Kier alpha value is -5.16. The molecule has 336 valence electrons. The van der Waals surface area contributed by atoms with Crippen LogP contribution in [0.2, 0.25) is 0 Å². The third kappa shape index (κ3) is 9.58. The number of nitrogens with one attached hydrogen (secondary N) is 4. The van der Waals surface area contributed by atoms with Gasteiger partial charge in [-0.25, -0.2) is 19.3 Å². The quantitative estimate of drug-likeness (QED) is 0.138. The first-order valence-electron chi connectivity index (χ1n) is 22.4. The number of carboxylic acids is 1. The van der Waals surface area contributed by atoms with Gasteiger partial charge in [0.25, 0.3) is 0 Å². The smallest absolute Gasteiger partial charge is 0.408 e. The molecule has 5 N–H and O–H groups in total. The van der Waals surface area contributed by atoms with E-state index < -0.39 is 53.0 Å². The van der Waals surface area contributed by atoms with Gasteiger partial charge in [0.1, 0.15) is 53.8 Å². The van der Waals surface area contributed by atoms with Crippen LogP contribution in [0.3, 0.4) is 0 Å². The topological polar surface area (TPSA) is 202 Å². The summed E-state index contributed by atoms with van der Waals surface area (Å²) in [5, 5.41) is 28.0. The molecule has 4 heterocycles. The molecule has 3 amide bonds. The first-order chi connectivity index (χ1) is 29.6. The summed E-state index contributed by atoms with van der Waals surface area (Å²) < 4.78 is 20.5. The highest BCUT2D eigenvalue weighted by molar-refractivity contribution is 5.96. The number of likely N-dealkylation sites (tertiary alicyclic amines) is 1. The Bertz CT molecular complexity index is 2140. The third-order valence-electron chi connectivity index (χ3n) is 13.2. The lowest BCUT2D eigenvalue weighted by Gasteiger charge is -2.35. The molecule has 3 saturated carbocycles. The summed E-state index contributed by atoms with van der Waals surface area (Å²) in [5.41, 5.74) is -1.57. The SMILES string of the molecule is CCC1C[C@]1(NC(=O)C1CC(Oc2cc(-n3ccc(NC(C)C)n3)nc3cc(OCCN4CCNCC4)ccc23)CN1C(=O)[C@@H](NC(=O)OC1CC2CC2C1)C(C)(C)C)C(=O)O. The Kier molecular flexibility index (Phi) is 12.3. The van der Waals surface area contributed by atoms with E-state index in [4.69, 9.17) is 24.3 Å². The van der Waals surface area contributed by atoms with Crippen molar-refractivity contribution in [1.29, 1.82) is 0 Å². The highest BCUT2D eigenvalue weighted by Crippen LogP contribution is 2.52. The molecule has 17 heteroatoms. The van der Waals surface area contributed by atoms with Gasteiger partial charge in [-0.1, -0.05) is 34.1 Å². The number of benzene rings is 1. The number of amides is 3. The Balaban J connectivity index is 1.07. The van der Waals surface area contributed by atoms with Gasteiger partial charge in [-0.15, -0.1) is 5.10 Å². The van der Waals surface area contributed by atoms with Crippen molar-refractivity contribution in [2.45, 2.75) is 116 Å². The van der Waals surface area contributed by atoms with Gasteiger partial charge in [0.2, 0.25) is 11.8 Å². The number of hydrogen-bond donors (Lipinski definition) is 5. The minimum Gasteiger partial charge on any atom is -0.492 e. The number of fused-ring (bicyclic) bond motifs is 2. The number of ether oxygens (including phenoxy) is 3. The molecule has 8 rings (SSSR count). The molecule has 3 aromatic rings. The molecule has 1 aromatic carbocycles. The van der Waals surface area contributed by atoms with Gasteiger partial charge in [0.15, 0.2) is 5.82 Å². The predicted molar refractivity (Wildman–Crippen MR) is 231 cm³/mol. The minimum atomic E-state index is -1.40. The Morgan fingerprint density at radius 2 is 1.77 bits per heavy atom. The van der Waals surface area contributed by atoms with Crippen LogP contribution in [0.15, 0.2) is 36.5 Å². The number of aliphatic carboxylic acids is 1. The normalized spacial score (nSPS) is 27.4. The van der Waals surface area contributed by atoms with Crippen molar-refractivity contribution < 1.29 is 38.5 Å². The summed E-state index contributed by atoms with van der Waals surface area (Å²) in [6.45, 7) is 16.7. The van der Waals surface area contributed by atoms with Gasteiger partial charge < -0.3 is 45.5 Å². The van der Waals surface area contributed by atoms with Gasteiger partial charge in [-0.05, 0) is 74.8 Å². The Labute approximate surface area is 363 Å². The zero-order valence-electron chi connectivity index (χ0n) is 36.8. The van der Waals surface area contributed by atoms with E-state index in [0.29, 0.717) is 65.3 Å². The van der Waals surface area contributed by atoms with Gasteiger partial charge >= 0.3 is 12.1 Å². The van der Waals surface area contributed by atoms with Crippen LogP contribution in [-0.2, 0) is 19.1 Å². The molecule has 3 aliphatic carbocycles. The van der Waals surface area contributed by atoms with Gasteiger partial charge in [0.05, 0.1) is 12.1 Å². The summed E-state index contributed by atoms with van der Waals surface area (Å²) in [5.74, 6) is 1.12. The van der Waals surface area contributed by atoms with Crippen molar-refractivity contribution in [1.82, 2.24) is 40.5 Å². The van der Waals surface area contributed by atoms with Crippen molar-refractivity contribution in [3.8, 4) is 17.3 Å². The fraction of sp³-hybridized carbons (Fsp3) is 0.644. The largest absolute Gasteiger partial charge is 0.492 e. The summed E-state index contributed by atoms with van der Waals surface area (Å²) >= 11 is 0. The van der Waals surface area contributed by atoms with Crippen molar-refractivity contribution in [2.24, 2.45) is 23.2 Å². The van der Waals surface area contributed by atoms with Crippen LogP contribution in [-0.4, -0.2) is 135 Å². The molecule has 0 bridgehead atoms. The second kappa shape index (κ2) is 17.5. The molecule has 0 spiro atoms. The standard InChI is InChI=1S/C45H63N9O8/c1-7-29-24-45(29,42(57)58)50-40(55)35-22-32(25-53(35)41(56)39(44(4,5)6)49-43(59)62-31-19-27-18-28(27)20-31)61-36-23-38(54-13-10-37(51-54)47-26(2)3)48-34-21-30(8-9-33(34)36)60-17-16-52-14-11-46-12-15-52/h8-10,13,21,23,26-29,31-32,35,39,46H,7,11-12,14-20,22,24-25H2,1-6H3,(H,47,51)(H,49,59)(H,50,55)(H,57,58)/t27?,28?,29?,31?,32?,35?,39-,45-/m1/s1. The summed E-state index contributed by atoms with van der Waals surface area (Å²) in [6.07, 6.45) is 4.07. The molecule has 7 atom stereocenters. The number of hydrogen-bond acceptors (Lipinski definition) is 12. The molecule has 5 aliphatic rings. The second-order valence-electron chi connectivity index (χ2n) is 19.3. The number of nitrogens with zero attached hydrogens (tertiary/aromatic N) is 5. The number of aromatic nitrogens is 3. The number of carbonyl (C=O) groups is 4. The number of carboxylic acid groups (broad SMARTS) is 1. The van der Waals surface area contributed by atoms with Crippen LogP contribution in [0, 0.1) is 23.2 Å². The maximum absolute atomic E-state index is 14.8. The van der Waals surface area contributed by atoms with Crippen molar-refractivity contribution in [3.63, 3.8) is 0 Å². The molecule has 5 fully saturated rings. The maximum Gasteiger partial charge on any atom is 0.408 e. The zero-order valence-corrected chi connectivity index (χ0v) is 36.8. The van der Waals surface area contributed by atoms with Gasteiger partial charge in [-0.2, -0.15) is 0 Å². The summed E-state index contributed by atoms with van der Waals surface area (Å²) in [4.78, 5) is 63.7. The number of pyridine rings is 1. The van der Waals surface area contributed by atoms with E-state index in [-0.39, 0.29) is 31.0 Å². The van der Waals surface area contributed by atoms with E-state index >= 15 is 0 Å². The van der Waals surface area contributed by atoms with Crippen molar-refractivity contribution in [3.05, 3.63) is 36.5 Å². The number of rotatable bonds is 16. The highest BCUT2D eigenvalue weighted by Gasteiger charge is 2.61. The average molecular weight is 858 g/mol. The van der Waals surface area contributed by atoms with Crippen LogP contribution < -0.4 is 30.7 Å². The van der Waals surface area contributed by atoms with E-state index in [2.05, 4.69) is 26.2 Å². The Morgan fingerprint density at radius 1 is 1.02 bits per heavy atom. The molecule has 17 nitrogen and oxygen atoms in total. The van der Waals surface area contributed by atoms with E-state index in [0.717, 1.165) is 45.6 Å². The molecule has 0 radical (unpaired) electrons. The summed E-state index contributed by atoms with van der Waals surface area (Å²) in [7, 11) is 0. The number of alkyl carbamates (subject to hydrolysis) is 1. The van der Waals surface area contributed by atoms with Gasteiger partial charge in [-0.3, -0.25) is 14.5 Å². The van der Waals surface area contributed by atoms with E-state index in [9.17, 15) is 24.3 Å². The molecular formula is C45H63N9O8. The van der Waals surface area contributed by atoms with E-state index in [1.165, 1.54) is 11.3 Å². The molecule has 2 aliphatic heterocycles. The first kappa shape index (κ1) is 43.5. The average Bonchev–Trinajstić information content (AvgIpc) is 3.89. The van der Waals surface area contributed by atoms with Crippen LogP contribution in [0.4, 0.5) is 10.6 Å². The molecule has 2 aromatic heterocycles. The highest BCUT2D eigenvalue weighted by atomic mass is 16.6. The number of anilines is 1. The monoisotopic (exact) mass is 857 g/mol. The summed E-state index contributed by atoms with van der Waals surface area (Å²) in [6, 6.07) is 7.34.